The minimum atomic E-state index is -0.888. The van der Waals surface area contributed by atoms with Crippen molar-refractivity contribution in [3.63, 3.8) is 0 Å². The molecule has 20 heteroatoms. The fraction of sp³-hybridized carbons (Fsp3) is 0.615. The van der Waals surface area contributed by atoms with Gasteiger partial charge in [0.25, 0.3) is 0 Å². The average molecular weight is 999 g/mol. The van der Waals surface area contributed by atoms with Crippen LogP contribution in [0.4, 0.5) is 0 Å². The highest BCUT2D eigenvalue weighted by Crippen LogP contribution is 2.52. The maximum Gasteiger partial charge on any atom is 0.190 e. The number of nitrogens with zero attached hydrogens (tertiary/aromatic N) is 2. The molecule has 2 N–H and O–H groups in total. The van der Waals surface area contributed by atoms with Gasteiger partial charge in [-0.2, -0.15) is 0 Å². The summed E-state index contributed by atoms with van der Waals surface area (Å²) in [4.78, 5) is 18.5. The smallest absolute Gasteiger partial charge is 0.190 e. The summed E-state index contributed by atoms with van der Waals surface area (Å²) in [5.74, 6) is -3.54. The Balaban J connectivity index is 1.08. The second-order valence-electron chi connectivity index (χ2n) is 21.6. The summed E-state index contributed by atoms with van der Waals surface area (Å²) in [5, 5.41) is 0. The van der Waals surface area contributed by atoms with E-state index in [4.69, 9.17) is 85.8 Å². The highest BCUT2D eigenvalue weighted by atomic mass is 16.9. The lowest BCUT2D eigenvalue weighted by molar-refractivity contribution is -0.218. The van der Waals surface area contributed by atoms with Crippen LogP contribution in [0.3, 0.4) is 0 Å². The molecule has 0 spiro atoms. The van der Waals surface area contributed by atoms with Gasteiger partial charge in [0.2, 0.25) is 0 Å². The molecule has 0 amide bonds. The molecule has 3 aromatic rings. The van der Waals surface area contributed by atoms with Crippen LogP contribution in [0.15, 0.2) is 24.3 Å². The molecule has 8 saturated heterocycles. The molecule has 8 bridgehead atoms. The van der Waals surface area contributed by atoms with Gasteiger partial charge in [-0.15, -0.1) is 0 Å². The molecule has 3 aromatic heterocycles. The largest absolute Gasteiger partial charge is 0.375 e. The minimum Gasteiger partial charge on any atom is -0.375 e. The molecule has 13 rings (SSSR count). The fourth-order valence-corrected chi connectivity index (χ4v) is 12.4. The summed E-state index contributed by atoms with van der Waals surface area (Å²) in [7, 11) is 6.60. The number of hydrogen-bond acceptors (Lipinski definition) is 18. The summed E-state index contributed by atoms with van der Waals surface area (Å²) in [6, 6.07) is 8.04. The summed E-state index contributed by atoms with van der Waals surface area (Å²) in [6.07, 6.45) is -2.39. The molecule has 0 radical (unpaired) electrons. The van der Waals surface area contributed by atoms with E-state index in [0.29, 0.717) is 61.5 Å². The van der Waals surface area contributed by atoms with E-state index in [-0.39, 0.29) is 0 Å². The van der Waals surface area contributed by atoms with E-state index in [1.807, 2.05) is 104 Å². The molecular formula is C52H62N4O16. The van der Waals surface area contributed by atoms with Crippen molar-refractivity contribution in [3.8, 4) is 0 Å². The van der Waals surface area contributed by atoms with Gasteiger partial charge in [-0.3, -0.25) is 0 Å². The van der Waals surface area contributed by atoms with E-state index >= 15 is 0 Å². The highest BCUT2D eigenvalue weighted by Gasteiger charge is 2.60. The van der Waals surface area contributed by atoms with Crippen LogP contribution in [-0.4, -0.2) is 146 Å². The molecule has 13 heterocycles. The van der Waals surface area contributed by atoms with E-state index in [0.717, 1.165) is 5.56 Å². The molecule has 72 heavy (non-hydrogen) atoms. The predicted molar refractivity (Wildman–Crippen MR) is 253 cm³/mol. The number of aromatic nitrogens is 4. The second-order valence-corrected chi connectivity index (χ2v) is 21.6. The van der Waals surface area contributed by atoms with E-state index in [1.54, 1.807) is 28.4 Å². The van der Waals surface area contributed by atoms with Crippen molar-refractivity contribution in [2.45, 2.75) is 177 Å². The van der Waals surface area contributed by atoms with E-state index < -0.39 is 122 Å². The lowest BCUT2D eigenvalue weighted by atomic mass is 9.99. The zero-order chi connectivity index (χ0) is 50.0. The average Bonchev–Trinajstić information content (AvgIpc) is 4.14. The number of aromatic amines is 2. The first-order valence-electron chi connectivity index (χ1n) is 24.7. The van der Waals surface area contributed by atoms with Gasteiger partial charge in [-0.05, 0) is 104 Å². The van der Waals surface area contributed by atoms with Gasteiger partial charge in [0.15, 0.2) is 48.3 Å². The van der Waals surface area contributed by atoms with Crippen LogP contribution in [0.2, 0.25) is 0 Å². The normalized spacial score (nSPS) is 39.3. The second kappa shape index (κ2) is 16.7. The minimum absolute atomic E-state index is 0.526. The van der Waals surface area contributed by atoms with Crippen molar-refractivity contribution in [2.75, 3.05) is 28.4 Å². The quantitative estimate of drug-likeness (QED) is 0.162. The monoisotopic (exact) mass is 998 g/mol. The molecule has 8 fully saturated rings. The lowest BCUT2D eigenvalue weighted by Gasteiger charge is -2.26. The van der Waals surface area contributed by atoms with Crippen LogP contribution in [0.5, 0.6) is 0 Å². The van der Waals surface area contributed by atoms with Crippen molar-refractivity contribution >= 4 is 46.4 Å². The van der Waals surface area contributed by atoms with Gasteiger partial charge in [0.05, 0.1) is 22.8 Å². The third-order valence-electron chi connectivity index (χ3n) is 15.1. The Morgan fingerprint density at radius 1 is 0.361 bits per heavy atom. The third kappa shape index (κ3) is 7.55. The van der Waals surface area contributed by atoms with Crippen LogP contribution in [-0.2, 0) is 75.8 Å². The Morgan fingerprint density at radius 2 is 0.611 bits per heavy atom. The Morgan fingerprint density at radius 3 is 0.903 bits per heavy atom. The van der Waals surface area contributed by atoms with Crippen molar-refractivity contribution in [1.82, 2.24) is 19.9 Å². The standard InChI is InChI=1S/C52H62N4O16/c1-49(2)65-41-37(57-9)33(61-45(41)69-49)29-21-13-15-23(53-21)30(34-38(58-10)42-46(62-34)70-50(3,4)66-42)25-17-19-27(55-25)32(36-40(60-12)44-48(64-36)72-52(7,8)68-44)28-20-18-26(56-28)31(24-16-14-22(29)54-24)35-39(59-11)43-47(63-35)71-51(5,6)67-43/h13-20,33-48,53-54H,1-12H3/t33-,34-,35-,36-,37+,38+,39+,40+,41-,42-,43-,44-,45-,46-,47-,48-/m1/s1. The highest BCUT2D eigenvalue weighted by molar-refractivity contribution is 5.84. The molecule has 0 aliphatic carbocycles. The van der Waals surface area contributed by atoms with Crippen LogP contribution in [0.1, 0.15) is 125 Å². The van der Waals surface area contributed by atoms with E-state index in [1.165, 1.54) is 0 Å². The molecule has 20 nitrogen and oxygen atoms in total. The molecule has 10 aliphatic rings. The molecule has 16 atom stereocenters. The van der Waals surface area contributed by atoms with Crippen molar-refractivity contribution in [3.05, 3.63) is 69.3 Å². The van der Waals surface area contributed by atoms with Crippen molar-refractivity contribution in [1.29, 1.82) is 0 Å². The maximum atomic E-state index is 6.84. The zero-order valence-corrected chi connectivity index (χ0v) is 42.3. The third-order valence-corrected chi connectivity index (χ3v) is 15.1. The maximum absolute atomic E-state index is 6.84. The van der Waals surface area contributed by atoms with Crippen molar-refractivity contribution < 1.29 is 75.8 Å². The Hall–Kier alpha value is -4.04. The number of fused-ring (bicyclic) bond motifs is 12. The Bertz CT molecular complexity index is 2770. The Labute approximate surface area is 415 Å². The topological polar surface area (TPSA) is 205 Å². The lowest BCUT2D eigenvalue weighted by Crippen LogP contribution is -2.33. The first-order chi connectivity index (χ1) is 34.4. The van der Waals surface area contributed by atoms with Gasteiger partial charge in [0, 0.05) is 72.8 Å². The van der Waals surface area contributed by atoms with E-state index in [2.05, 4.69) is 9.97 Å². The Kier molecular flexibility index (Phi) is 11.1. The summed E-state index contributed by atoms with van der Waals surface area (Å²) in [5.41, 5.74) is 7.98. The van der Waals surface area contributed by atoms with Crippen LogP contribution < -0.4 is 0 Å². The van der Waals surface area contributed by atoms with Gasteiger partial charge >= 0.3 is 0 Å². The SMILES string of the molecule is CO[C@@H]1[C@H]2OC(C)(C)O[C@H]2O[C@@H]1c1c2nc(c([C@H]3O[C@@H]4OC(C)(C)O[C@@H]4[C@H]3OC)c3ccc([nH]3)c([C@H]3O[C@@H]4OC(C)(C)O[C@@H]4[C@H]3OC)c3ccc([nH]3)c([C@H]3O[C@@H]4OC(C)(C)O[C@@H]4[C@H]3OC)c3nc1C=C3)C=C2. The molecule has 386 valence electrons. The summed E-state index contributed by atoms with van der Waals surface area (Å²) >= 11 is 0. The van der Waals surface area contributed by atoms with Crippen LogP contribution in [0.25, 0.3) is 46.4 Å². The molecule has 0 unspecified atom stereocenters. The molecule has 0 aromatic carbocycles. The first-order valence-corrected chi connectivity index (χ1v) is 24.7. The molecule has 10 aliphatic heterocycles. The number of nitrogens with one attached hydrogen (secondary N) is 2. The van der Waals surface area contributed by atoms with Crippen LogP contribution in [0, 0.1) is 0 Å². The van der Waals surface area contributed by atoms with Gasteiger partial charge in [-0.25, -0.2) is 9.97 Å². The summed E-state index contributed by atoms with van der Waals surface area (Å²) < 4.78 is 103. The van der Waals surface area contributed by atoms with E-state index in [9.17, 15) is 0 Å². The number of H-pyrrole nitrogens is 2. The predicted octanol–water partition coefficient (Wildman–Crippen LogP) is 6.91. The number of hydrogen-bond donors (Lipinski definition) is 2. The van der Waals surface area contributed by atoms with Gasteiger partial charge < -0.3 is 85.8 Å². The number of methoxy groups -OCH3 is 4. The molecule has 0 saturated carbocycles. The first kappa shape index (κ1) is 47.7. The van der Waals surface area contributed by atoms with Gasteiger partial charge in [0.1, 0.15) is 73.2 Å². The summed E-state index contributed by atoms with van der Waals surface area (Å²) in [6.45, 7) is 14.9. The van der Waals surface area contributed by atoms with Crippen LogP contribution >= 0.6 is 0 Å². The fourth-order valence-electron chi connectivity index (χ4n) is 12.4. The number of ether oxygens (including phenoxy) is 16. The molecular weight excluding hydrogens is 937 g/mol. The zero-order valence-electron chi connectivity index (χ0n) is 42.3. The van der Waals surface area contributed by atoms with Crippen molar-refractivity contribution in [2.24, 2.45) is 0 Å². The van der Waals surface area contributed by atoms with Gasteiger partial charge in [-0.1, -0.05) is 0 Å². The number of rotatable bonds is 8.